The van der Waals surface area contributed by atoms with Gasteiger partial charge in [-0.2, -0.15) is 5.10 Å². The van der Waals surface area contributed by atoms with Crippen molar-refractivity contribution in [2.75, 3.05) is 18.5 Å². The number of hydrogen-bond acceptors (Lipinski definition) is 4. The molecule has 2 aromatic rings. The summed E-state index contributed by atoms with van der Waals surface area (Å²) in [6, 6.07) is 5.97. The summed E-state index contributed by atoms with van der Waals surface area (Å²) in [6.45, 7) is 4.86. The van der Waals surface area contributed by atoms with Crippen molar-refractivity contribution in [2.45, 2.75) is 20.0 Å². The van der Waals surface area contributed by atoms with Crippen LogP contribution in [-0.4, -0.2) is 23.0 Å². The third-order valence-corrected chi connectivity index (χ3v) is 3.09. The van der Waals surface area contributed by atoms with Crippen molar-refractivity contribution in [1.29, 1.82) is 0 Å². The highest BCUT2D eigenvalue weighted by Crippen LogP contribution is 2.33. The molecular weight excluding hydrogens is 242 g/mol. The second-order valence-corrected chi connectivity index (χ2v) is 4.38. The Labute approximate surface area is 112 Å². The monoisotopic (exact) mass is 259 g/mol. The second-order valence-electron chi connectivity index (χ2n) is 4.38. The molecule has 0 saturated heterocycles. The molecule has 0 saturated carbocycles. The molecule has 1 aliphatic rings. The highest BCUT2D eigenvalue weighted by molar-refractivity contribution is 5.49. The van der Waals surface area contributed by atoms with Crippen LogP contribution in [0.15, 0.2) is 30.6 Å². The molecule has 19 heavy (non-hydrogen) atoms. The first kappa shape index (κ1) is 11.9. The van der Waals surface area contributed by atoms with Crippen LogP contribution in [-0.2, 0) is 13.1 Å². The van der Waals surface area contributed by atoms with Crippen LogP contribution in [0.1, 0.15) is 12.5 Å². The molecule has 5 heteroatoms. The molecule has 2 heterocycles. The summed E-state index contributed by atoms with van der Waals surface area (Å²) in [6.07, 6.45) is 3.82. The van der Waals surface area contributed by atoms with Crippen LogP contribution >= 0.6 is 0 Å². The quantitative estimate of drug-likeness (QED) is 0.915. The zero-order valence-electron chi connectivity index (χ0n) is 10.9. The van der Waals surface area contributed by atoms with E-state index in [9.17, 15) is 0 Å². The number of aryl methyl sites for hydroxylation is 1. The molecule has 0 aliphatic carbocycles. The Kier molecular flexibility index (Phi) is 3.27. The van der Waals surface area contributed by atoms with E-state index in [4.69, 9.17) is 9.47 Å². The van der Waals surface area contributed by atoms with Gasteiger partial charge in [-0.25, -0.2) is 0 Å². The zero-order chi connectivity index (χ0) is 13.1. The van der Waals surface area contributed by atoms with Crippen molar-refractivity contribution >= 4 is 5.69 Å². The number of rotatable bonds is 4. The van der Waals surface area contributed by atoms with Gasteiger partial charge < -0.3 is 14.8 Å². The first-order valence-electron chi connectivity index (χ1n) is 6.50. The van der Waals surface area contributed by atoms with Gasteiger partial charge in [-0.3, -0.25) is 4.68 Å². The average molecular weight is 259 g/mol. The van der Waals surface area contributed by atoms with Crippen LogP contribution in [0.25, 0.3) is 0 Å². The number of benzene rings is 1. The molecule has 1 aromatic heterocycles. The van der Waals surface area contributed by atoms with Crippen molar-refractivity contribution in [3.05, 3.63) is 36.2 Å². The number of nitrogens with zero attached hydrogens (tertiary/aromatic N) is 2. The van der Waals surface area contributed by atoms with E-state index in [0.29, 0.717) is 19.8 Å². The van der Waals surface area contributed by atoms with E-state index in [0.717, 1.165) is 29.3 Å². The van der Waals surface area contributed by atoms with Gasteiger partial charge in [0, 0.05) is 24.8 Å². The molecule has 1 aliphatic heterocycles. The van der Waals surface area contributed by atoms with Gasteiger partial charge in [-0.05, 0) is 13.0 Å². The van der Waals surface area contributed by atoms with E-state index < -0.39 is 0 Å². The van der Waals surface area contributed by atoms with E-state index in [1.165, 1.54) is 0 Å². The van der Waals surface area contributed by atoms with Gasteiger partial charge >= 0.3 is 0 Å². The molecule has 0 radical (unpaired) electrons. The predicted octanol–water partition coefficient (Wildman–Crippen LogP) is 2.29. The molecule has 0 fully saturated rings. The van der Waals surface area contributed by atoms with Gasteiger partial charge in [0.25, 0.3) is 0 Å². The summed E-state index contributed by atoms with van der Waals surface area (Å²) in [5, 5.41) is 7.58. The van der Waals surface area contributed by atoms with E-state index in [1.54, 1.807) is 0 Å². The molecule has 5 nitrogen and oxygen atoms in total. The number of anilines is 1. The lowest BCUT2D eigenvalue weighted by Crippen LogP contribution is -2.17. The minimum absolute atomic E-state index is 0.609. The molecular formula is C14H17N3O2. The molecule has 0 atom stereocenters. The Morgan fingerprint density at radius 1 is 1.32 bits per heavy atom. The normalized spacial score (nSPS) is 13.3. The fourth-order valence-corrected chi connectivity index (χ4v) is 2.10. The van der Waals surface area contributed by atoms with Crippen molar-refractivity contribution in [3.63, 3.8) is 0 Å². The Bertz CT molecular complexity index is 566. The number of ether oxygens (including phenoxy) is 2. The summed E-state index contributed by atoms with van der Waals surface area (Å²) in [5.41, 5.74) is 2.11. The van der Waals surface area contributed by atoms with E-state index >= 15 is 0 Å². The van der Waals surface area contributed by atoms with Crippen LogP contribution in [0.3, 0.4) is 0 Å². The lowest BCUT2D eigenvalue weighted by Gasteiger charge is -2.21. The Morgan fingerprint density at radius 2 is 2.21 bits per heavy atom. The molecule has 3 rings (SSSR count). The van der Waals surface area contributed by atoms with Crippen LogP contribution in [0.2, 0.25) is 0 Å². The summed E-state index contributed by atoms with van der Waals surface area (Å²) in [7, 11) is 0. The van der Waals surface area contributed by atoms with Crippen LogP contribution in [0.4, 0.5) is 5.69 Å². The summed E-state index contributed by atoms with van der Waals surface area (Å²) >= 11 is 0. The van der Waals surface area contributed by atoms with E-state index in [1.807, 2.05) is 35.3 Å². The third kappa shape index (κ3) is 2.50. The SMILES string of the molecule is CCn1cc(NCc2cccc3c2OCCO3)cn1. The first-order chi connectivity index (χ1) is 9.36. The van der Waals surface area contributed by atoms with Crippen molar-refractivity contribution < 1.29 is 9.47 Å². The predicted molar refractivity (Wildman–Crippen MR) is 72.7 cm³/mol. The summed E-state index contributed by atoms with van der Waals surface area (Å²) < 4.78 is 13.1. The Hall–Kier alpha value is -2.17. The van der Waals surface area contributed by atoms with Crippen LogP contribution in [0, 0.1) is 0 Å². The number of aromatic nitrogens is 2. The average Bonchev–Trinajstić information content (AvgIpc) is 2.93. The number of fused-ring (bicyclic) bond motifs is 1. The van der Waals surface area contributed by atoms with E-state index in [2.05, 4.69) is 17.3 Å². The fourth-order valence-electron chi connectivity index (χ4n) is 2.10. The summed E-state index contributed by atoms with van der Waals surface area (Å²) in [4.78, 5) is 0. The smallest absolute Gasteiger partial charge is 0.166 e. The zero-order valence-corrected chi connectivity index (χ0v) is 10.9. The molecule has 1 N–H and O–H groups in total. The number of para-hydroxylation sites is 1. The maximum absolute atomic E-state index is 5.68. The standard InChI is InChI=1S/C14H17N3O2/c1-2-17-10-12(9-16-17)15-8-11-4-3-5-13-14(11)19-7-6-18-13/h3-5,9-10,15H,2,6-8H2,1H3. The molecule has 0 amide bonds. The van der Waals surface area contributed by atoms with Gasteiger partial charge in [-0.15, -0.1) is 0 Å². The number of hydrogen-bond donors (Lipinski definition) is 1. The van der Waals surface area contributed by atoms with Gasteiger partial charge in [-0.1, -0.05) is 12.1 Å². The lowest BCUT2D eigenvalue weighted by molar-refractivity contribution is 0.170. The second kappa shape index (κ2) is 5.22. The molecule has 0 unspecified atom stereocenters. The maximum Gasteiger partial charge on any atom is 0.166 e. The molecule has 100 valence electrons. The van der Waals surface area contributed by atoms with Crippen LogP contribution in [0.5, 0.6) is 11.5 Å². The fraction of sp³-hybridized carbons (Fsp3) is 0.357. The van der Waals surface area contributed by atoms with Crippen LogP contribution < -0.4 is 14.8 Å². The topological polar surface area (TPSA) is 48.3 Å². The molecule has 1 aromatic carbocycles. The van der Waals surface area contributed by atoms with Crippen molar-refractivity contribution in [3.8, 4) is 11.5 Å². The van der Waals surface area contributed by atoms with Gasteiger partial charge in [0.15, 0.2) is 11.5 Å². The highest BCUT2D eigenvalue weighted by atomic mass is 16.6. The Morgan fingerprint density at radius 3 is 3.05 bits per heavy atom. The summed E-state index contributed by atoms with van der Waals surface area (Å²) in [5.74, 6) is 1.68. The first-order valence-corrected chi connectivity index (χ1v) is 6.50. The maximum atomic E-state index is 5.68. The highest BCUT2D eigenvalue weighted by Gasteiger charge is 2.15. The minimum Gasteiger partial charge on any atom is -0.486 e. The van der Waals surface area contributed by atoms with Gasteiger partial charge in [0.05, 0.1) is 11.9 Å². The molecule has 0 spiro atoms. The van der Waals surface area contributed by atoms with Crippen molar-refractivity contribution in [1.82, 2.24) is 9.78 Å². The molecule has 0 bridgehead atoms. The van der Waals surface area contributed by atoms with Gasteiger partial charge in [0.1, 0.15) is 13.2 Å². The Balaban J connectivity index is 1.73. The van der Waals surface area contributed by atoms with E-state index in [-0.39, 0.29) is 0 Å². The number of nitrogens with one attached hydrogen (secondary N) is 1. The third-order valence-electron chi connectivity index (χ3n) is 3.09. The minimum atomic E-state index is 0.609. The largest absolute Gasteiger partial charge is 0.486 e. The van der Waals surface area contributed by atoms with Crippen molar-refractivity contribution in [2.24, 2.45) is 0 Å². The lowest BCUT2D eigenvalue weighted by atomic mass is 10.1. The van der Waals surface area contributed by atoms with Gasteiger partial charge in [0.2, 0.25) is 0 Å².